The maximum absolute atomic E-state index is 13.4. The third-order valence-corrected chi connectivity index (χ3v) is 7.43. The average Bonchev–Trinajstić information content (AvgIpc) is 2.78. The van der Waals surface area contributed by atoms with Gasteiger partial charge in [0.25, 0.3) is 0 Å². The lowest BCUT2D eigenvalue weighted by molar-refractivity contribution is -0.141. The maximum Gasteiger partial charge on any atom is 0.433 e. The van der Waals surface area contributed by atoms with Crippen LogP contribution in [0.3, 0.4) is 0 Å². The monoisotopic (exact) mass is 504 g/mol. The molecule has 3 rings (SSSR count). The van der Waals surface area contributed by atoms with Crippen LogP contribution >= 0.6 is 11.8 Å². The topological polar surface area (TPSA) is 63.1 Å². The minimum Gasteiger partial charge on any atom is -0.512 e. The molecule has 0 radical (unpaired) electrons. The Bertz CT molecular complexity index is 1130. The van der Waals surface area contributed by atoms with Gasteiger partial charge in [-0.05, 0) is 61.3 Å². The van der Waals surface area contributed by atoms with Crippen molar-refractivity contribution < 1.29 is 23.1 Å². The Balaban J connectivity index is 1.87. The Hall–Kier alpha value is -2.61. The van der Waals surface area contributed by atoms with E-state index < -0.39 is 11.9 Å². The van der Waals surface area contributed by atoms with Gasteiger partial charge in [-0.25, -0.2) is 9.97 Å². The first kappa shape index (κ1) is 27.0. The number of allylic oxidation sites excluding steroid dienone is 3. The summed E-state index contributed by atoms with van der Waals surface area (Å²) in [5, 5.41) is 11.1. The summed E-state index contributed by atoms with van der Waals surface area (Å²) in [4.78, 5) is 21.0. The fraction of sp³-hybridized carbons (Fsp3) is 0.444. The summed E-state index contributed by atoms with van der Waals surface area (Å²) in [6.07, 6.45) is -1.40. The van der Waals surface area contributed by atoms with Crippen molar-refractivity contribution in [1.29, 1.82) is 0 Å². The van der Waals surface area contributed by atoms with Crippen LogP contribution in [0.25, 0.3) is 5.57 Å². The van der Waals surface area contributed by atoms with E-state index >= 15 is 0 Å². The minimum absolute atomic E-state index is 0.0218. The zero-order valence-electron chi connectivity index (χ0n) is 20.5. The quantitative estimate of drug-likeness (QED) is 0.235. The van der Waals surface area contributed by atoms with E-state index in [9.17, 15) is 23.1 Å². The van der Waals surface area contributed by atoms with E-state index in [-0.39, 0.29) is 35.0 Å². The fourth-order valence-electron chi connectivity index (χ4n) is 4.73. The number of nitrogens with zero attached hydrogens (tertiary/aromatic N) is 2. The second-order valence-corrected chi connectivity index (χ2v) is 10.1. The van der Waals surface area contributed by atoms with Crippen molar-refractivity contribution in [3.8, 4) is 0 Å². The summed E-state index contributed by atoms with van der Waals surface area (Å²) < 4.78 is 39.0. The lowest BCUT2D eigenvalue weighted by Crippen LogP contribution is -2.27. The molecule has 1 aliphatic carbocycles. The van der Waals surface area contributed by atoms with Crippen molar-refractivity contribution in [2.45, 2.75) is 64.7 Å². The molecule has 0 saturated carbocycles. The standard InChI is InChI=1S/C27H31F3N2O2S/c1-6-17-10-16(5)11-18(7-2)24(17)25-21(33)12-19(13-22(25)34)20(15(3)4)14-35-26-31-9-8-23(32-26)27(28,29)30/h8-11,19-20,33H,3,6-7,12-14H2,1-2,4-5H3. The van der Waals surface area contributed by atoms with Gasteiger partial charge < -0.3 is 5.11 Å². The number of hydrogen-bond acceptors (Lipinski definition) is 5. The largest absolute Gasteiger partial charge is 0.512 e. The van der Waals surface area contributed by atoms with Gasteiger partial charge in [0.15, 0.2) is 10.9 Å². The summed E-state index contributed by atoms with van der Waals surface area (Å²) in [6.45, 7) is 12.0. The van der Waals surface area contributed by atoms with Crippen LogP contribution < -0.4 is 0 Å². The van der Waals surface area contributed by atoms with Crippen molar-refractivity contribution in [3.63, 3.8) is 0 Å². The predicted octanol–water partition coefficient (Wildman–Crippen LogP) is 7.16. The minimum atomic E-state index is -4.54. The zero-order valence-corrected chi connectivity index (χ0v) is 21.3. The third kappa shape index (κ3) is 6.15. The molecule has 2 unspecified atom stereocenters. The van der Waals surface area contributed by atoms with Gasteiger partial charge in [0.1, 0.15) is 11.5 Å². The lowest BCUT2D eigenvalue weighted by atomic mass is 9.74. The maximum atomic E-state index is 13.4. The van der Waals surface area contributed by atoms with E-state index in [1.165, 1.54) is 0 Å². The van der Waals surface area contributed by atoms with Gasteiger partial charge in [0, 0.05) is 24.8 Å². The van der Waals surface area contributed by atoms with E-state index in [1.54, 1.807) is 0 Å². The number of aliphatic hydroxyl groups is 1. The van der Waals surface area contributed by atoms with Crippen LogP contribution in [-0.4, -0.2) is 26.6 Å². The van der Waals surface area contributed by atoms with Crippen LogP contribution in [0.15, 0.2) is 47.5 Å². The first-order valence-electron chi connectivity index (χ1n) is 11.7. The highest BCUT2D eigenvalue weighted by molar-refractivity contribution is 7.99. The Morgan fingerprint density at radius 1 is 1.23 bits per heavy atom. The predicted molar refractivity (Wildman–Crippen MR) is 133 cm³/mol. The van der Waals surface area contributed by atoms with Gasteiger partial charge in [-0.3, -0.25) is 4.79 Å². The molecule has 1 aliphatic rings. The highest BCUT2D eigenvalue weighted by atomic mass is 32.2. The number of rotatable bonds is 8. The number of ketones is 1. The summed E-state index contributed by atoms with van der Waals surface area (Å²) >= 11 is 1.10. The van der Waals surface area contributed by atoms with E-state index in [0.29, 0.717) is 17.7 Å². The normalized spacial score (nSPS) is 17.6. The van der Waals surface area contributed by atoms with Crippen LogP contribution in [0, 0.1) is 18.8 Å². The van der Waals surface area contributed by atoms with E-state index in [0.717, 1.165) is 64.7 Å². The Labute approximate surface area is 208 Å². The molecular formula is C27H31F3N2O2S. The van der Waals surface area contributed by atoms with Crippen LogP contribution in [-0.2, 0) is 23.8 Å². The second-order valence-electron chi connectivity index (χ2n) is 9.06. The molecule has 2 aromatic rings. The highest BCUT2D eigenvalue weighted by Gasteiger charge is 2.36. The molecule has 2 atom stereocenters. The Morgan fingerprint density at radius 3 is 2.37 bits per heavy atom. The Morgan fingerprint density at radius 2 is 1.86 bits per heavy atom. The number of aliphatic hydroxyl groups excluding tert-OH is 1. The first-order chi connectivity index (χ1) is 16.5. The molecule has 0 saturated heterocycles. The van der Waals surface area contributed by atoms with Crippen molar-refractivity contribution in [3.05, 3.63) is 70.3 Å². The molecule has 1 heterocycles. The van der Waals surface area contributed by atoms with E-state index in [4.69, 9.17) is 0 Å². The molecule has 1 aromatic heterocycles. The zero-order chi connectivity index (χ0) is 25.9. The molecule has 188 valence electrons. The van der Waals surface area contributed by atoms with Crippen molar-refractivity contribution in [2.24, 2.45) is 11.8 Å². The number of thioether (sulfide) groups is 1. The number of alkyl halides is 3. The molecular weight excluding hydrogens is 473 g/mol. The summed E-state index contributed by atoms with van der Waals surface area (Å²) in [5.74, 6) is -0.0743. The molecule has 1 aromatic carbocycles. The van der Waals surface area contributed by atoms with Gasteiger partial charge in [0.2, 0.25) is 0 Å². The molecule has 0 spiro atoms. The SMILES string of the molecule is C=C(C)C(CSc1nccc(C(F)(F)F)n1)C1CC(=O)C(c2c(CC)cc(C)cc2CC)=C(O)C1. The number of hydrogen-bond donors (Lipinski definition) is 1. The van der Waals surface area contributed by atoms with Gasteiger partial charge in [-0.1, -0.05) is 55.5 Å². The van der Waals surface area contributed by atoms with Crippen molar-refractivity contribution >= 4 is 23.1 Å². The van der Waals surface area contributed by atoms with Crippen LogP contribution in [0.4, 0.5) is 13.2 Å². The van der Waals surface area contributed by atoms with Gasteiger partial charge in [-0.2, -0.15) is 13.2 Å². The van der Waals surface area contributed by atoms with E-state index in [2.05, 4.69) is 28.7 Å². The van der Waals surface area contributed by atoms with Crippen molar-refractivity contribution in [2.75, 3.05) is 5.75 Å². The molecule has 0 bridgehead atoms. The number of benzene rings is 1. The summed E-state index contributed by atoms with van der Waals surface area (Å²) in [5.41, 5.74) is 4.28. The van der Waals surface area contributed by atoms with Crippen LogP contribution in [0.1, 0.15) is 61.6 Å². The molecule has 0 aliphatic heterocycles. The van der Waals surface area contributed by atoms with Gasteiger partial charge in [-0.15, -0.1) is 0 Å². The molecule has 35 heavy (non-hydrogen) atoms. The average molecular weight is 505 g/mol. The molecule has 0 fully saturated rings. The number of carbonyl (C=O) groups excluding carboxylic acids is 1. The summed E-state index contributed by atoms with van der Waals surface area (Å²) in [7, 11) is 0. The highest BCUT2D eigenvalue weighted by Crippen LogP contribution is 2.41. The number of aromatic nitrogens is 2. The molecule has 0 amide bonds. The van der Waals surface area contributed by atoms with Gasteiger partial charge in [0.05, 0.1) is 5.57 Å². The summed E-state index contributed by atoms with van der Waals surface area (Å²) in [6, 6.07) is 4.97. The van der Waals surface area contributed by atoms with Crippen LogP contribution in [0.5, 0.6) is 0 Å². The fourth-order valence-corrected chi connectivity index (χ4v) is 5.91. The molecule has 4 nitrogen and oxygen atoms in total. The van der Waals surface area contributed by atoms with Crippen LogP contribution in [0.2, 0.25) is 0 Å². The smallest absolute Gasteiger partial charge is 0.433 e. The number of halogens is 3. The van der Waals surface area contributed by atoms with Crippen molar-refractivity contribution in [1.82, 2.24) is 9.97 Å². The first-order valence-corrected chi connectivity index (χ1v) is 12.7. The number of carbonyl (C=O) groups is 1. The second kappa shape index (κ2) is 11.0. The number of aryl methyl sites for hydroxylation is 3. The number of Topliss-reactive ketones (excluding diaryl/α,β-unsaturated/α-hetero) is 1. The van der Waals surface area contributed by atoms with Gasteiger partial charge >= 0.3 is 6.18 Å². The Kier molecular flexibility index (Phi) is 8.46. The lowest BCUT2D eigenvalue weighted by Gasteiger charge is -2.31. The van der Waals surface area contributed by atoms with E-state index in [1.807, 2.05) is 27.7 Å². The molecule has 8 heteroatoms. The molecule has 1 N–H and O–H groups in total. The third-order valence-electron chi connectivity index (χ3n) is 6.45.